The quantitative estimate of drug-likeness (QED) is 0.704. The summed E-state index contributed by atoms with van der Waals surface area (Å²) in [5.74, 6) is -0.506. The van der Waals surface area contributed by atoms with Crippen molar-refractivity contribution in [3.63, 3.8) is 0 Å². The van der Waals surface area contributed by atoms with Crippen molar-refractivity contribution < 1.29 is 14.6 Å². The number of hydrogen-bond donors (Lipinski definition) is 1. The lowest BCUT2D eigenvalue weighted by atomic mass is 10.2. The number of hydrogen-bond acceptors (Lipinski definition) is 5. The fraction of sp³-hybridized carbons (Fsp3) is 0.667. The third kappa shape index (κ3) is 1.85. The second-order valence-electron chi connectivity index (χ2n) is 3.64. The number of ether oxygens (including phenoxy) is 1. The Morgan fingerprint density at radius 1 is 1.67 bits per heavy atom. The topological polar surface area (TPSA) is 77.2 Å². The zero-order valence-corrected chi connectivity index (χ0v) is 8.46. The molecule has 2 unspecified atom stereocenters. The Kier molecular flexibility index (Phi) is 2.68. The van der Waals surface area contributed by atoms with Crippen LogP contribution in [0.5, 0.6) is 0 Å². The van der Waals surface area contributed by atoms with Gasteiger partial charge in [0.05, 0.1) is 25.5 Å². The highest BCUT2D eigenvalue weighted by molar-refractivity contribution is 5.86. The van der Waals surface area contributed by atoms with Gasteiger partial charge >= 0.3 is 5.97 Å². The third-order valence-corrected chi connectivity index (χ3v) is 2.69. The lowest BCUT2D eigenvalue weighted by molar-refractivity contribution is 0.0593. The SMILES string of the molecule is COC(=O)c1cn(C2CCCC2O)nn1. The summed E-state index contributed by atoms with van der Waals surface area (Å²) >= 11 is 0. The summed E-state index contributed by atoms with van der Waals surface area (Å²) in [6.07, 6.45) is 3.74. The fourth-order valence-corrected chi connectivity index (χ4v) is 1.87. The van der Waals surface area contributed by atoms with Gasteiger partial charge in [-0.1, -0.05) is 5.21 Å². The number of methoxy groups -OCH3 is 1. The minimum atomic E-state index is -0.506. The molecule has 0 aliphatic heterocycles. The zero-order valence-electron chi connectivity index (χ0n) is 8.46. The highest BCUT2D eigenvalue weighted by Gasteiger charge is 2.28. The number of esters is 1. The molecule has 15 heavy (non-hydrogen) atoms. The lowest BCUT2D eigenvalue weighted by Gasteiger charge is -2.13. The molecule has 0 bridgehead atoms. The Labute approximate surface area is 86.8 Å². The Balaban J connectivity index is 2.16. The molecule has 1 aromatic rings. The molecule has 2 rings (SSSR count). The van der Waals surface area contributed by atoms with E-state index in [9.17, 15) is 9.90 Å². The molecule has 1 heterocycles. The molecule has 1 aliphatic rings. The maximum absolute atomic E-state index is 11.1. The minimum Gasteiger partial charge on any atom is -0.464 e. The van der Waals surface area contributed by atoms with Crippen molar-refractivity contribution in [2.24, 2.45) is 0 Å². The van der Waals surface area contributed by atoms with Crippen LogP contribution in [0.2, 0.25) is 0 Å². The standard InChI is InChI=1S/C9H13N3O3/c1-15-9(14)6-5-12(11-10-6)7-3-2-4-8(7)13/h5,7-8,13H,2-4H2,1H3. The molecule has 0 spiro atoms. The monoisotopic (exact) mass is 211 g/mol. The maximum Gasteiger partial charge on any atom is 0.360 e. The van der Waals surface area contributed by atoms with Gasteiger partial charge in [-0.2, -0.15) is 0 Å². The van der Waals surface area contributed by atoms with Crippen LogP contribution in [0.3, 0.4) is 0 Å². The first-order chi connectivity index (χ1) is 7.22. The Morgan fingerprint density at radius 2 is 2.47 bits per heavy atom. The Morgan fingerprint density at radius 3 is 3.07 bits per heavy atom. The molecule has 1 aromatic heterocycles. The summed E-state index contributed by atoms with van der Waals surface area (Å²) in [5, 5.41) is 17.2. The highest BCUT2D eigenvalue weighted by Crippen LogP contribution is 2.29. The van der Waals surface area contributed by atoms with E-state index in [0.29, 0.717) is 0 Å². The van der Waals surface area contributed by atoms with Crippen LogP contribution in [0.25, 0.3) is 0 Å². The largest absolute Gasteiger partial charge is 0.464 e. The molecular weight excluding hydrogens is 198 g/mol. The molecule has 0 amide bonds. The van der Waals surface area contributed by atoms with Crippen LogP contribution in [-0.2, 0) is 4.74 Å². The number of aliphatic hydroxyl groups excluding tert-OH is 1. The molecule has 1 N–H and O–H groups in total. The number of aliphatic hydroxyl groups is 1. The number of aromatic nitrogens is 3. The first-order valence-electron chi connectivity index (χ1n) is 4.90. The van der Waals surface area contributed by atoms with E-state index in [0.717, 1.165) is 19.3 Å². The average Bonchev–Trinajstić information content (AvgIpc) is 2.84. The van der Waals surface area contributed by atoms with Crippen LogP contribution < -0.4 is 0 Å². The van der Waals surface area contributed by atoms with E-state index in [1.54, 1.807) is 4.68 Å². The molecule has 1 fully saturated rings. The van der Waals surface area contributed by atoms with Crippen LogP contribution in [0.1, 0.15) is 35.8 Å². The van der Waals surface area contributed by atoms with Gasteiger partial charge in [0.15, 0.2) is 5.69 Å². The van der Waals surface area contributed by atoms with Gasteiger partial charge in [-0.15, -0.1) is 5.10 Å². The summed E-state index contributed by atoms with van der Waals surface area (Å²) in [5.41, 5.74) is 0.177. The van der Waals surface area contributed by atoms with E-state index < -0.39 is 12.1 Å². The van der Waals surface area contributed by atoms with Crippen LogP contribution in [0.15, 0.2) is 6.20 Å². The van der Waals surface area contributed by atoms with Crippen molar-refractivity contribution in [1.29, 1.82) is 0 Å². The van der Waals surface area contributed by atoms with E-state index in [-0.39, 0.29) is 11.7 Å². The average molecular weight is 211 g/mol. The Bertz CT molecular complexity index is 363. The van der Waals surface area contributed by atoms with Crippen molar-refractivity contribution in [3.8, 4) is 0 Å². The summed E-state index contributed by atoms with van der Waals surface area (Å²) < 4.78 is 6.07. The number of rotatable bonds is 2. The van der Waals surface area contributed by atoms with Crippen molar-refractivity contribution in [1.82, 2.24) is 15.0 Å². The van der Waals surface area contributed by atoms with Crippen molar-refractivity contribution in [3.05, 3.63) is 11.9 Å². The predicted molar refractivity (Wildman–Crippen MR) is 50.3 cm³/mol. The van der Waals surface area contributed by atoms with E-state index >= 15 is 0 Å². The number of carbonyl (C=O) groups excluding carboxylic acids is 1. The van der Waals surface area contributed by atoms with Gasteiger partial charge < -0.3 is 9.84 Å². The van der Waals surface area contributed by atoms with Crippen molar-refractivity contribution >= 4 is 5.97 Å². The molecule has 1 aliphatic carbocycles. The second-order valence-corrected chi connectivity index (χ2v) is 3.64. The van der Waals surface area contributed by atoms with Crippen LogP contribution in [0, 0.1) is 0 Å². The lowest BCUT2D eigenvalue weighted by Crippen LogP contribution is -2.18. The highest BCUT2D eigenvalue weighted by atomic mass is 16.5. The van der Waals surface area contributed by atoms with Crippen LogP contribution in [0.4, 0.5) is 0 Å². The van der Waals surface area contributed by atoms with Gasteiger partial charge in [-0.3, -0.25) is 0 Å². The Hall–Kier alpha value is -1.43. The summed E-state index contributed by atoms with van der Waals surface area (Å²) in [7, 11) is 1.30. The second kappa shape index (κ2) is 3.98. The van der Waals surface area contributed by atoms with E-state index in [1.165, 1.54) is 13.3 Å². The van der Waals surface area contributed by atoms with Gasteiger partial charge in [0, 0.05) is 0 Å². The zero-order chi connectivity index (χ0) is 10.8. The minimum absolute atomic E-state index is 0.0593. The summed E-state index contributed by atoms with van der Waals surface area (Å²) in [4.78, 5) is 11.1. The molecule has 1 saturated carbocycles. The van der Waals surface area contributed by atoms with E-state index in [4.69, 9.17) is 0 Å². The fourth-order valence-electron chi connectivity index (χ4n) is 1.87. The van der Waals surface area contributed by atoms with E-state index in [1.807, 2.05) is 0 Å². The molecule has 6 nitrogen and oxygen atoms in total. The van der Waals surface area contributed by atoms with Crippen LogP contribution >= 0.6 is 0 Å². The van der Waals surface area contributed by atoms with Crippen molar-refractivity contribution in [2.75, 3.05) is 7.11 Å². The first-order valence-corrected chi connectivity index (χ1v) is 4.90. The summed E-state index contributed by atoms with van der Waals surface area (Å²) in [6, 6.07) is -0.0593. The smallest absolute Gasteiger partial charge is 0.360 e. The van der Waals surface area contributed by atoms with Gasteiger partial charge in [0.1, 0.15) is 0 Å². The van der Waals surface area contributed by atoms with E-state index in [2.05, 4.69) is 15.0 Å². The molecule has 82 valence electrons. The van der Waals surface area contributed by atoms with Gasteiger partial charge in [-0.25, -0.2) is 9.48 Å². The molecule has 2 atom stereocenters. The first kappa shape index (κ1) is 10.1. The predicted octanol–water partition coefficient (Wildman–Crippen LogP) is 0.151. The normalized spacial score (nSPS) is 25.5. The molecule has 6 heteroatoms. The number of carbonyl (C=O) groups is 1. The number of nitrogens with zero attached hydrogens (tertiary/aromatic N) is 3. The molecule has 0 aromatic carbocycles. The van der Waals surface area contributed by atoms with Crippen molar-refractivity contribution in [2.45, 2.75) is 31.4 Å². The molecule has 0 radical (unpaired) electrons. The third-order valence-electron chi connectivity index (χ3n) is 2.69. The summed E-state index contributed by atoms with van der Waals surface area (Å²) in [6.45, 7) is 0. The molecular formula is C9H13N3O3. The van der Waals surface area contributed by atoms with Gasteiger partial charge in [0.2, 0.25) is 0 Å². The van der Waals surface area contributed by atoms with Gasteiger partial charge in [-0.05, 0) is 19.3 Å². The molecule has 0 saturated heterocycles. The maximum atomic E-state index is 11.1. The van der Waals surface area contributed by atoms with Crippen LogP contribution in [-0.4, -0.2) is 39.3 Å². The van der Waals surface area contributed by atoms with Gasteiger partial charge in [0.25, 0.3) is 0 Å².